The van der Waals surface area contributed by atoms with Crippen molar-refractivity contribution >= 4 is 23.3 Å². The van der Waals surface area contributed by atoms with E-state index >= 15 is 0 Å². The van der Waals surface area contributed by atoms with Crippen LogP contribution in [0.1, 0.15) is 87.0 Å². The number of fused-ring (bicyclic) bond motifs is 3. The summed E-state index contributed by atoms with van der Waals surface area (Å²) in [5.74, 6) is -2.51. The van der Waals surface area contributed by atoms with Crippen molar-refractivity contribution in [1.29, 1.82) is 0 Å². The summed E-state index contributed by atoms with van der Waals surface area (Å²) in [5.41, 5.74) is -2.49. The topological polar surface area (TPSA) is 129 Å². The van der Waals surface area contributed by atoms with Crippen LogP contribution >= 0.6 is 0 Å². The number of aliphatic hydroxyl groups is 2. The van der Waals surface area contributed by atoms with Crippen LogP contribution in [0.2, 0.25) is 0 Å². The minimum absolute atomic E-state index is 0.0402. The van der Waals surface area contributed by atoms with E-state index in [4.69, 9.17) is 0 Å². The van der Waals surface area contributed by atoms with Gasteiger partial charge < -0.3 is 15.3 Å². The van der Waals surface area contributed by atoms with E-state index in [1.54, 1.807) is 0 Å². The highest BCUT2D eigenvalue weighted by atomic mass is 16.4. The smallest absolute Gasteiger partial charge is 0.306 e. The normalized spacial score (nSPS) is 47.1. The lowest BCUT2D eigenvalue weighted by atomic mass is 9.28. The largest absolute Gasteiger partial charge is 0.481 e. The van der Waals surface area contributed by atoms with E-state index in [-0.39, 0.29) is 66.7 Å². The van der Waals surface area contributed by atoms with Gasteiger partial charge in [-0.05, 0) is 54.1 Å². The first-order valence-corrected chi connectivity index (χ1v) is 13.9. The number of aliphatic hydroxyl groups excluding tert-OH is 1. The van der Waals surface area contributed by atoms with Gasteiger partial charge in [0.25, 0.3) is 0 Å². The number of hydrogen-bond acceptors (Lipinski definition) is 6. The zero-order valence-electron chi connectivity index (χ0n) is 23.2. The SMILES string of the molecule is C[C@H](CC(=O)C[C@@H](C)[C@H]1CC(=O)[C@@]2(C)C3=C4[C@]5(C)[C@@H](C[C@@H]3O)C(C)(C)C(=O)C[C@@H]5[C@]4(O)C[C@]12C)C(=O)O. The Bertz CT molecular complexity index is 1150. The standard InChI is InChI=1S/C30H42O7/c1-14(8-16(31)9-15(2)25(35)36)17-10-22(34)29(7)23-18(32)11-19-26(3,4)21(33)12-20-28(19,6)24(23)30(20,37)13-27(17,29)5/h14-15,17-20,32,37H,8-13H2,1-7H3,(H,35,36)/t14-,15-,17-,18+,19+,20+,27-,28-,29+,30-/m1/s1. The molecule has 7 nitrogen and oxygen atoms in total. The second-order valence-corrected chi connectivity index (χ2v) is 14.3. The number of Topliss-reactive ketones (excluding diaryl/α,β-unsaturated/α-hetero) is 3. The van der Waals surface area contributed by atoms with Gasteiger partial charge >= 0.3 is 5.97 Å². The van der Waals surface area contributed by atoms with Gasteiger partial charge in [-0.2, -0.15) is 0 Å². The number of rotatable bonds is 6. The number of aliphatic carboxylic acids is 1. The molecule has 5 rings (SSSR count). The lowest BCUT2D eigenvalue weighted by molar-refractivity contribution is -0.234. The van der Waals surface area contributed by atoms with E-state index in [0.717, 1.165) is 5.57 Å². The number of carbonyl (C=O) groups is 4. The molecule has 3 N–H and O–H groups in total. The summed E-state index contributed by atoms with van der Waals surface area (Å²) in [6.07, 6.45) is 0.469. The molecule has 0 aromatic heterocycles. The summed E-state index contributed by atoms with van der Waals surface area (Å²) >= 11 is 0. The molecule has 0 saturated heterocycles. The average molecular weight is 515 g/mol. The molecule has 0 heterocycles. The van der Waals surface area contributed by atoms with Gasteiger partial charge in [0.1, 0.15) is 17.3 Å². The highest BCUT2D eigenvalue weighted by Gasteiger charge is 2.81. The Balaban J connectivity index is 1.57. The van der Waals surface area contributed by atoms with Crippen molar-refractivity contribution in [3.05, 3.63) is 11.1 Å². The van der Waals surface area contributed by atoms with Crippen LogP contribution in [0, 0.1) is 51.2 Å². The summed E-state index contributed by atoms with van der Waals surface area (Å²) in [5, 5.41) is 33.2. The first kappa shape index (κ1) is 26.7. The third kappa shape index (κ3) is 2.96. The van der Waals surface area contributed by atoms with Crippen molar-refractivity contribution in [2.45, 2.75) is 98.7 Å². The number of carboxylic acid groups (broad SMARTS) is 1. The fourth-order valence-electron chi connectivity index (χ4n) is 10.3. The molecule has 7 heteroatoms. The predicted octanol–water partition coefficient (Wildman–Crippen LogP) is 3.74. The Morgan fingerprint density at radius 1 is 0.973 bits per heavy atom. The first-order valence-electron chi connectivity index (χ1n) is 13.9. The molecule has 0 radical (unpaired) electrons. The van der Waals surface area contributed by atoms with Crippen LogP contribution in [0.5, 0.6) is 0 Å². The van der Waals surface area contributed by atoms with Crippen LogP contribution < -0.4 is 0 Å². The molecule has 5 aliphatic rings. The molecule has 204 valence electrons. The second kappa shape index (κ2) is 7.62. The lowest BCUT2D eigenvalue weighted by Gasteiger charge is -2.76. The Labute approximate surface area is 219 Å². The van der Waals surface area contributed by atoms with Gasteiger partial charge in [0.2, 0.25) is 0 Å². The second-order valence-electron chi connectivity index (χ2n) is 14.3. The van der Waals surface area contributed by atoms with Crippen molar-refractivity contribution in [2.75, 3.05) is 0 Å². The maximum Gasteiger partial charge on any atom is 0.306 e. The molecule has 0 aromatic carbocycles. The number of ketones is 3. The van der Waals surface area contributed by atoms with E-state index < -0.39 is 45.3 Å². The molecule has 0 bridgehead atoms. The molecule has 37 heavy (non-hydrogen) atoms. The van der Waals surface area contributed by atoms with Crippen molar-refractivity contribution in [3.8, 4) is 0 Å². The monoisotopic (exact) mass is 514 g/mol. The van der Waals surface area contributed by atoms with Crippen LogP contribution in [0.3, 0.4) is 0 Å². The van der Waals surface area contributed by atoms with Gasteiger partial charge in [-0.1, -0.05) is 41.5 Å². The molecule has 0 aromatic rings. The number of carboxylic acids is 1. The minimum Gasteiger partial charge on any atom is -0.481 e. The van der Waals surface area contributed by atoms with Gasteiger partial charge in [0.15, 0.2) is 0 Å². The lowest BCUT2D eigenvalue weighted by Crippen LogP contribution is -2.77. The third-order valence-electron chi connectivity index (χ3n) is 12.3. The van der Waals surface area contributed by atoms with Crippen molar-refractivity contribution < 1.29 is 34.5 Å². The summed E-state index contributed by atoms with van der Waals surface area (Å²) in [4.78, 5) is 51.2. The van der Waals surface area contributed by atoms with E-state index in [2.05, 4.69) is 6.92 Å². The fourth-order valence-corrected chi connectivity index (χ4v) is 10.3. The Morgan fingerprint density at radius 3 is 2.19 bits per heavy atom. The van der Waals surface area contributed by atoms with Gasteiger partial charge in [-0.15, -0.1) is 0 Å². The molecule has 0 aliphatic heterocycles. The summed E-state index contributed by atoms with van der Waals surface area (Å²) in [6, 6.07) is 0. The molecular weight excluding hydrogens is 472 g/mol. The average Bonchev–Trinajstić information content (AvgIpc) is 2.98. The first-order chi connectivity index (χ1) is 16.9. The van der Waals surface area contributed by atoms with E-state index in [1.807, 2.05) is 34.6 Å². The zero-order chi connectivity index (χ0) is 27.7. The fraction of sp³-hybridized carbons (Fsp3) is 0.800. The van der Waals surface area contributed by atoms with E-state index in [1.165, 1.54) is 6.92 Å². The molecule has 3 fully saturated rings. The third-order valence-corrected chi connectivity index (χ3v) is 12.3. The van der Waals surface area contributed by atoms with Crippen LogP contribution in [0.15, 0.2) is 11.1 Å². The Hall–Kier alpha value is -1.86. The molecule has 3 saturated carbocycles. The van der Waals surface area contributed by atoms with Crippen molar-refractivity contribution in [1.82, 2.24) is 0 Å². The molecule has 5 aliphatic carbocycles. The van der Waals surface area contributed by atoms with Crippen molar-refractivity contribution in [2.24, 2.45) is 51.2 Å². The van der Waals surface area contributed by atoms with Gasteiger partial charge in [-0.25, -0.2) is 0 Å². The Kier molecular flexibility index (Phi) is 5.51. The quantitative estimate of drug-likeness (QED) is 0.461. The van der Waals surface area contributed by atoms with Crippen LogP contribution in [0.4, 0.5) is 0 Å². The summed E-state index contributed by atoms with van der Waals surface area (Å²) < 4.78 is 0. The predicted molar refractivity (Wildman–Crippen MR) is 135 cm³/mol. The van der Waals surface area contributed by atoms with Gasteiger partial charge in [0.05, 0.1) is 23.0 Å². The molecule has 0 amide bonds. The zero-order valence-corrected chi connectivity index (χ0v) is 23.2. The van der Waals surface area contributed by atoms with Crippen LogP contribution in [-0.4, -0.2) is 50.3 Å². The summed E-state index contributed by atoms with van der Waals surface area (Å²) in [6.45, 7) is 13.4. The van der Waals surface area contributed by atoms with Gasteiger partial charge in [0, 0.05) is 42.4 Å². The molecule has 10 atom stereocenters. The molecule has 0 unspecified atom stereocenters. The maximum absolute atomic E-state index is 13.9. The summed E-state index contributed by atoms with van der Waals surface area (Å²) in [7, 11) is 0. The number of hydrogen-bond donors (Lipinski definition) is 3. The Morgan fingerprint density at radius 2 is 1.59 bits per heavy atom. The maximum atomic E-state index is 13.9. The molecular formula is C30H42O7. The highest BCUT2D eigenvalue weighted by molar-refractivity contribution is 5.94. The van der Waals surface area contributed by atoms with Crippen molar-refractivity contribution in [3.63, 3.8) is 0 Å². The van der Waals surface area contributed by atoms with Crippen LogP contribution in [-0.2, 0) is 19.2 Å². The number of carbonyl (C=O) groups excluding carboxylic acids is 3. The van der Waals surface area contributed by atoms with Gasteiger partial charge in [-0.3, -0.25) is 19.2 Å². The van der Waals surface area contributed by atoms with E-state index in [0.29, 0.717) is 18.4 Å². The highest BCUT2D eigenvalue weighted by Crippen LogP contribution is 2.81. The van der Waals surface area contributed by atoms with Crippen LogP contribution in [0.25, 0.3) is 0 Å². The van der Waals surface area contributed by atoms with E-state index in [9.17, 15) is 34.5 Å². The minimum atomic E-state index is -1.26. The molecule has 0 spiro atoms.